The molecule has 0 bridgehead atoms. The van der Waals surface area contributed by atoms with E-state index in [-0.39, 0.29) is 11.9 Å². The van der Waals surface area contributed by atoms with Crippen molar-refractivity contribution < 1.29 is 4.79 Å². The van der Waals surface area contributed by atoms with Gasteiger partial charge in [0.1, 0.15) is 5.92 Å². The molecule has 1 aliphatic rings. The number of anilines is 1. The van der Waals surface area contributed by atoms with Crippen LogP contribution in [-0.2, 0) is 4.79 Å². The molecule has 2 unspecified atom stereocenters. The molecule has 2 N–H and O–H groups in total. The Bertz CT molecular complexity index is 1080. The third kappa shape index (κ3) is 4.20. The molecule has 1 amide bonds. The second-order valence-corrected chi connectivity index (χ2v) is 7.88. The van der Waals surface area contributed by atoms with Gasteiger partial charge in [-0.2, -0.15) is 5.10 Å². The number of hydrogen-bond donors (Lipinski definition) is 2. The zero-order valence-electron chi connectivity index (χ0n) is 16.3. The number of halogens is 2. The van der Waals surface area contributed by atoms with Crippen LogP contribution in [0.5, 0.6) is 0 Å². The second kappa shape index (κ2) is 8.90. The van der Waals surface area contributed by atoms with Crippen molar-refractivity contribution in [1.82, 2.24) is 15.1 Å². The minimum atomic E-state index is -0.508. The van der Waals surface area contributed by atoms with E-state index in [1.165, 1.54) is 0 Å². The molecule has 0 saturated heterocycles. The highest BCUT2D eigenvalue weighted by atomic mass is 35.5. The lowest BCUT2D eigenvalue weighted by Crippen LogP contribution is -2.43. The largest absolute Gasteiger partial charge is 0.383 e. The van der Waals surface area contributed by atoms with E-state index in [4.69, 9.17) is 23.2 Å². The summed E-state index contributed by atoms with van der Waals surface area (Å²) >= 11 is 12.4. The summed E-state index contributed by atoms with van der Waals surface area (Å²) < 4.78 is 1.76. The van der Waals surface area contributed by atoms with Crippen LogP contribution in [0.4, 0.5) is 11.5 Å². The molecule has 154 valence electrons. The van der Waals surface area contributed by atoms with E-state index in [2.05, 4.69) is 20.7 Å². The van der Waals surface area contributed by atoms with E-state index < -0.39 is 5.92 Å². The molecule has 0 spiro atoms. The highest BCUT2D eigenvalue weighted by molar-refractivity contribution is 6.42. The third-order valence-corrected chi connectivity index (χ3v) is 5.80. The Balaban J connectivity index is 1.53. The van der Waals surface area contributed by atoms with Crippen molar-refractivity contribution in [3.63, 3.8) is 0 Å². The van der Waals surface area contributed by atoms with Crippen LogP contribution in [0.15, 0.2) is 65.8 Å². The lowest BCUT2D eigenvalue weighted by Gasteiger charge is -2.31. The number of nitrogens with one attached hydrogen (secondary N) is 2. The monoisotopic (exact) mass is 441 g/mol. The van der Waals surface area contributed by atoms with Crippen molar-refractivity contribution in [2.45, 2.75) is 13.0 Å². The lowest BCUT2D eigenvalue weighted by atomic mass is 9.87. The molecule has 2 heterocycles. The standard InChI is InChI=1S/C22H21Cl2N5O/c1-14-20(22(30)26-12-11-25-16-5-3-2-4-6-16)21(29-19(28-14)9-10-27-29)15-7-8-17(23)18(24)13-15/h2-10,13,20-21,25H,11-12H2,1H3,(H,26,30). The Hall–Kier alpha value is -2.83. The van der Waals surface area contributed by atoms with Gasteiger partial charge in [0, 0.05) is 30.6 Å². The topological polar surface area (TPSA) is 71.3 Å². The van der Waals surface area contributed by atoms with Crippen molar-refractivity contribution in [1.29, 1.82) is 0 Å². The van der Waals surface area contributed by atoms with Crippen LogP contribution < -0.4 is 10.6 Å². The quantitative estimate of drug-likeness (QED) is 0.543. The van der Waals surface area contributed by atoms with Crippen molar-refractivity contribution in [3.8, 4) is 0 Å². The number of amides is 1. The molecule has 8 heteroatoms. The van der Waals surface area contributed by atoms with Crippen LogP contribution >= 0.6 is 23.2 Å². The average Bonchev–Trinajstić information content (AvgIpc) is 3.21. The fourth-order valence-corrected chi connectivity index (χ4v) is 3.96. The number of nitrogens with zero attached hydrogens (tertiary/aromatic N) is 3. The van der Waals surface area contributed by atoms with E-state index in [1.807, 2.05) is 49.4 Å². The molecule has 6 nitrogen and oxygen atoms in total. The number of fused-ring (bicyclic) bond motifs is 1. The summed E-state index contributed by atoms with van der Waals surface area (Å²) in [6.07, 6.45) is 1.68. The van der Waals surface area contributed by atoms with Crippen LogP contribution in [0.25, 0.3) is 0 Å². The first-order chi connectivity index (χ1) is 14.5. The van der Waals surface area contributed by atoms with Crippen molar-refractivity contribution in [2.75, 3.05) is 18.4 Å². The SMILES string of the molecule is CC1=Nc2ccnn2C(c2ccc(Cl)c(Cl)c2)C1C(=O)NCCNc1ccccc1. The smallest absolute Gasteiger partial charge is 0.231 e. The molecule has 4 rings (SSSR count). The van der Waals surface area contributed by atoms with Crippen LogP contribution in [0.2, 0.25) is 10.0 Å². The van der Waals surface area contributed by atoms with Gasteiger partial charge in [0.05, 0.1) is 22.3 Å². The second-order valence-electron chi connectivity index (χ2n) is 7.07. The molecule has 0 saturated carbocycles. The van der Waals surface area contributed by atoms with Crippen LogP contribution in [-0.4, -0.2) is 34.5 Å². The van der Waals surface area contributed by atoms with Crippen LogP contribution in [0.1, 0.15) is 18.5 Å². The molecule has 1 aromatic heterocycles. The van der Waals surface area contributed by atoms with E-state index in [0.717, 1.165) is 17.0 Å². The molecule has 2 aromatic carbocycles. The fraction of sp³-hybridized carbons (Fsp3) is 0.227. The number of benzene rings is 2. The Morgan fingerprint density at radius 1 is 1.07 bits per heavy atom. The van der Waals surface area contributed by atoms with Gasteiger partial charge < -0.3 is 10.6 Å². The minimum absolute atomic E-state index is 0.108. The molecule has 3 aromatic rings. The first-order valence-corrected chi connectivity index (χ1v) is 10.4. The Morgan fingerprint density at radius 3 is 2.63 bits per heavy atom. The highest BCUT2D eigenvalue weighted by Gasteiger charge is 2.38. The number of aliphatic imine (C=N–C) groups is 1. The lowest BCUT2D eigenvalue weighted by molar-refractivity contribution is -0.123. The van der Waals surface area contributed by atoms with Crippen LogP contribution in [0.3, 0.4) is 0 Å². The summed E-state index contributed by atoms with van der Waals surface area (Å²) in [5.74, 6) is 0.0908. The minimum Gasteiger partial charge on any atom is -0.383 e. The molecule has 30 heavy (non-hydrogen) atoms. The van der Waals surface area contributed by atoms with Gasteiger partial charge in [-0.05, 0) is 36.8 Å². The molecular weight excluding hydrogens is 421 g/mol. The maximum atomic E-state index is 13.2. The summed E-state index contributed by atoms with van der Waals surface area (Å²) in [4.78, 5) is 17.7. The highest BCUT2D eigenvalue weighted by Crippen LogP contribution is 2.38. The summed E-state index contributed by atoms with van der Waals surface area (Å²) in [5.41, 5.74) is 2.59. The average molecular weight is 442 g/mol. The summed E-state index contributed by atoms with van der Waals surface area (Å²) in [6, 6.07) is 16.7. The maximum Gasteiger partial charge on any atom is 0.231 e. The predicted octanol–water partition coefficient (Wildman–Crippen LogP) is 4.73. The first kappa shape index (κ1) is 20.4. The van der Waals surface area contributed by atoms with Gasteiger partial charge in [-0.15, -0.1) is 0 Å². The van der Waals surface area contributed by atoms with Gasteiger partial charge in [0.15, 0.2) is 5.82 Å². The summed E-state index contributed by atoms with van der Waals surface area (Å²) in [7, 11) is 0. The molecule has 1 aliphatic heterocycles. The zero-order valence-corrected chi connectivity index (χ0v) is 17.9. The van der Waals surface area contributed by atoms with Gasteiger partial charge in [-0.3, -0.25) is 4.79 Å². The molecule has 0 aliphatic carbocycles. The Labute approximate surface area is 184 Å². The Morgan fingerprint density at radius 2 is 1.87 bits per heavy atom. The van der Waals surface area contributed by atoms with Crippen molar-refractivity contribution in [2.24, 2.45) is 10.9 Å². The van der Waals surface area contributed by atoms with Crippen molar-refractivity contribution >= 4 is 46.3 Å². The van der Waals surface area contributed by atoms with E-state index in [9.17, 15) is 4.79 Å². The number of para-hydroxylation sites is 1. The molecule has 0 radical (unpaired) electrons. The van der Waals surface area contributed by atoms with Gasteiger partial charge in [0.2, 0.25) is 5.91 Å². The predicted molar refractivity (Wildman–Crippen MR) is 121 cm³/mol. The number of carbonyl (C=O) groups excluding carboxylic acids is 1. The zero-order chi connectivity index (χ0) is 21.1. The van der Waals surface area contributed by atoms with Crippen LogP contribution in [0, 0.1) is 5.92 Å². The van der Waals surface area contributed by atoms with Crippen molar-refractivity contribution in [3.05, 3.63) is 76.4 Å². The summed E-state index contributed by atoms with van der Waals surface area (Å²) in [6.45, 7) is 2.97. The molecule has 2 atom stereocenters. The fourth-order valence-electron chi connectivity index (χ4n) is 3.65. The van der Waals surface area contributed by atoms with Gasteiger partial charge in [-0.1, -0.05) is 47.5 Å². The van der Waals surface area contributed by atoms with Gasteiger partial charge >= 0.3 is 0 Å². The van der Waals surface area contributed by atoms with Gasteiger partial charge in [-0.25, -0.2) is 9.67 Å². The van der Waals surface area contributed by atoms with Gasteiger partial charge in [0.25, 0.3) is 0 Å². The Kier molecular flexibility index (Phi) is 6.06. The van der Waals surface area contributed by atoms with E-state index >= 15 is 0 Å². The number of carbonyl (C=O) groups is 1. The normalized spacial score (nSPS) is 17.8. The van der Waals surface area contributed by atoms with E-state index in [1.54, 1.807) is 23.0 Å². The third-order valence-electron chi connectivity index (χ3n) is 5.06. The maximum absolute atomic E-state index is 13.2. The number of rotatable bonds is 6. The van der Waals surface area contributed by atoms with E-state index in [0.29, 0.717) is 29.0 Å². The number of hydrogen-bond acceptors (Lipinski definition) is 4. The summed E-state index contributed by atoms with van der Waals surface area (Å²) in [5, 5.41) is 11.6. The first-order valence-electron chi connectivity index (χ1n) is 9.65. The number of aromatic nitrogens is 2. The molecular formula is C22H21Cl2N5O. The molecule has 0 fully saturated rings.